The molecule has 120 valence electrons. The molecule has 0 saturated heterocycles. The number of benzene rings is 2. The molecule has 2 amide bonds. The van der Waals surface area contributed by atoms with Gasteiger partial charge < -0.3 is 5.32 Å². The van der Waals surface area contributed by atoms with Crippen LogP contribution < -0.4 is 10.7 Å². The van der Waals surface area contributed by atoms with E-state index in [-0.39, 0.29) is 18.2 Å². The fourth-order valence-electron chi connectivity index (χ4n) is 2.62. The summed E-state index contributed by atoms with van der Waals surface area (Å²) in [5, 5.41) is 2.40. The van der Waals surface area contributed by atoms with Crippen molar-refractivity contribution in [2.24, 2.45) is 0 Å². The van der Waals surface area contributed by atoms with E-state index < -0.39 is 5.25 Å². The number of carbonyl (C=O) groups excluding carboxylic acids is 2. The SMILES string of the molecule is O=C(C[C@@H]1Sc2ccccc2NC1=O)Nn1cnc2ccccc21. The number of nitrogens with zero attached hydrogens (tertiary/aromatic N) is 2. The van der Waals surface area contributed by atoms with E-state index in [1.54, 1.807) is 11.0 Å². The van der Waals surface area contributed by atoms with Gasteiger partial charge in [-0.05, 0) is 24.3 Å². The molecule has 0 fully saturated rings. The molecule has 24 heavy (non-hydrogen) atoms. The lowest BCUT2D eigenvalue weighted by atomic mass is 10.2. The summed E-state index contributed by atoms with van der Waals surface area (Å²) in [6.07, 6.45) is 1.66. The van der Waals surface area contributed by atoms with Crippen LogP contribution in [0.5, 0.6) is 0 Å². The maximum Gasteiger partial charge on any atom is 0.240 e. The molecular weight excluding hydrogens is 324 g/mol. The molecule has 2 N–H and O–H groups in total. The Bertz CT molecular complexity index is 937. The van der Waals surface area contributed by atoms with Crippen molar-refractivity contribution in [2.45, 2.75) is 16.6 Å². The van der Waals surface area contributed by atoms with Crippen LogP contribution in [0.4, 0.5) is 5.69 Å². The first kappa shape index (κ1) is 14.8. The number of rotatable bonds is 3. The van der Waals surface area contributed by atoms with Gasteiger partial charge in [0.1, 0.15) is 6.33 Å². The second-order valence-corrected chi connectivity index (χ2v) is 6.68. The highest BCUT2D eigenvalue weighted by Gasteiger charge is 2.28. The molecule has 0 bridgehead atoms. The van der Waals surface area contributed by atoms with E-state index in [0.717, 1.165) is 21.6 Å². The Morgan fingerprint density at radius 3 is 2.92 bits per heavy atom. The van der Waals surface area contributed by atoms with Crippen LogP contribution in [0.2, 0.25) is 0 Å². The third-order valence-corrected chi connectivity index (χ3v) is 5.05. The van der Waals surface area contributed by atoms with Crippen LogP contribution in [0, 0.1) is 0 Å². The first-order valence-electron chi connectivity index (χ1n) is 7.49. The van der Waals surface area contributed by atoms with E-state index in [1.807, 2.05) is 48.5 Å². The number of aromatic nitrogens is 2. The molecule has 4 rings (SSSR count). The van der Waals surface area contributed by atoms with Crippen molar-refractivity contribution >= 4 is 40.3 Å². The van der Waals surface area contributed by atoms with Gasteiger partial charge in [0.05, 0.1) is 22.0 Å². The molecule has 0 spiro atoms. The quantitative estimate of drug-likeness (QED) is 0.770. The number of thioether (sulfide) groups is 1. The minimum absolute atomic E-state index is 0.0946. The molecule has 1 atom stereocenters. The standard InChI is InChI=1S/C17H14N4O2S/c22-16(20-21-10-18-11-5-1-3-7-13(11)21)9-15-17(23)19-12-6-2-4-8-14(12)24-15/h1-8,10,15H,9H2,(H,19,23)(H,20,22)/t15-/m0/s1. The zero-order valence-corrected chi connectivity index (χ0v) is 13.4. The van der Waals surface area contributed by atoms with Gasteiger partial charge in [-0.2, -0.15) is 0 Å². The molecule has 0 saturated carbocycles. The van der Waals surface area contributed by atoms with Crippen molar-refractivity contribution in [1.29, 1.82) is 0 Å². The Labute approximate surface area is 142 Å². The van der Waals surface area contributed by atoms with Crippen LogP contribution in [0.3, 0.4) is 0 Å². The molecule has 6 nitrogen and oxygen atoms in total. The second-order valence-electron chi connectivity index (χ2n) is 5.43. The maximum absolute atomic E-state index is 12.3. The molecule has 3 aromatic rings. The summed E-state index contributed by atoms with van der Waals surface area (Å²) >= 11 is 1.41. The largest absolute Gasteiger partial charge is 0.324 e. The predicted octanol–water partition coefficient (Wildman–Crippen LogP) is 2.61. The normalized spacial score (nSPS) is 16.5. The third-order valence-electron chi connectivity index (χ3n) is 3.78. The van der Waals surface area contributed by atoms with Gasteiger partial charge in [0.15, 0.2) is 0 Å². The smallest absolute Gasteiger partial charge is 0.240 e. The van der Waals surface area contributed by atoms with Crippen molar-refractivity contribution in [3.8, 4) is 0 Å². The third kappa shape index (κ3) is 2.74. The number of nitrogens with one attached hydrogen (secondary N) is 2. The highest BCUT2D eigenvalue weighted by atomic mass is 32.2. The van der Waals surface area contributed by atoms with Gasteiger partial charge in [-0.3, -0.25) is 15.0 Å². The highest BCUT2D eigenvalue weighted by Crippen LogP contribution is 2.36. The lowest BCUT2D eigenvalue weighted by Crippen LogP contribution is -2.34. The van der Waals surface area contributed by atoms with E-state index >= 15 is 0 Å². The number of hydrogen-bond donors (Lipinski definition) is 2. The second kappa shape index (κ2) is 6.01. The Morgan fingerprint density at radius 1 is 1.21 bits per heavy atom. The number of fused-ring (bicyclic) bond motifs is 2. The molecule has 2 heterocycles. The average Bonchev–Trinajstić information content (AvgIpc) is 2.99. The number of carbonyl (C=O) groups is 2. The van der Waals surface area contributed by atoms with Gasteiger partial charge in [-0.25, -0.2) is 9.66 Å². The van der Waals surface area contributed by atoms with E-state index in [9.17, 15) is 9.59 Å². The molecule has 1 aliphatic heterocycles. The van der Waals surface area contributed by atoms with Crippen molar-refractivity contribution in [3.63, 3.8) is 0 Å². The van der Waals surface area contributed by atoms with E-state index in [0.29, 0.717) is 0 Å². The molecule has 1 aliphatic rings. The van der Waals surface area contributed by atoms with Gasteiger partial charge in [-0.1, -0.05) is 24.3 Å². The van der Waals surface area contributed by atoms with Crippen LogP contribution in [0.1, 0.15) is 6.42 Å². The van der Waals surface area contributed by atoms with Crippen LogP contribution in [-0.4, -0.2) is 26.7 Å². The fourth-order valence-corrected chi connectivity index (χ4v) is 3.73. The number of anilines is 1. The molecule has 1 aromatic heterocycles. The summed E-state index contributed by atoms with van der Waals surface area (Å²) < 4.78 is 1.58. The molecule has 0 radical (unpaired) electrons. The number of para-hydroxylation sites is 3. The molecular formula is C17H14N4O2S. The Balaban J connectivity index is 1.47. The monoisotopic (exact) mass is 338 g/mol. The summed E-state index contributed by atoms with van der Waals surface area (Å²) in [7, 11) is 0. The minimum Gasteiger partial charge on any atom is -0.324 e. The molecule has 2 aromatic carbocycles. The first-order valence-corrected chi connectivity index (χ1v) is 8.37. The number of amides is 2. The maximum atomic E-state index is 12.3. The number of hydrogen-bond acceptors (Lipinski definition) is 4. The van der Waals surface area contributed by atoms with Gasteiger partial charge in [0, 0.05) is 11.3 Å². The average molecular weight is 338 g/mol. The van der Waals surface area contributed by atoms with Crippen LogP contribution in [0.15, 0.2) is 59.8 Å². The molecule has 0 aliphatic carbocycles. The van der Waals surface area contributed by atoms with Gasteiger partial charge in [-0.15, -0.1) is 11.8 Å². The summed E-state index contributed by atoms with van der Waals surface area (Å²) in [5.74, 6) is -0.380. The fraction of sp³-hybridized carbons (Fsp3) is 0.118. The van der Waals surface area contributed by atoms with Gasteiger partial charge in [0.2, 0.25) is 11.8 Å². The van der Waals surface area contributed by atoms with Crippen molar-refractivity contribution in [2.75, 3.05) is 10.7 Å². The highest BCUT2D eigenvalue weighted by molar-refractivity contribution is 8.01. The van der Waals surface area contributed by atoms with Crippen molar-refractivity contribution in [3.05, 3.63) is 54.9 Å². The Morgan fingerprint density at radius 2 is 2.00 bits per heavy atom. The summed E-state index contributed by atoms with van der Waals surface area (Å²) in [6, 6.07) is 15.1. The topological polar surface area (TPSA) is 76.0 Å². The minimum atomic E-state index is -0.449. The lowest BCUT2D eigenvalue weighted by molar-refractivity contribution is -0.121. The summed E-state index contributed by atoms with van der Waals surface area (Å²) in [4.78, 5) is 29.7. The molecule has 0 unspecified atom stereocenters. The van der Waals surface area contributed by atoms with Gasteiger partial charge >= 0.3 is 0 Å². The van der Waals surface area contributed by atoms with Crippen molar-refractivity contribution < 1.29 is 9.59 Å². The van der Waals surface area contributed by atoms with E-state index in [2.05, 4.69) is 15.7 Å². The zero-order chi connectivity index (χ0) is 16.5. The van der Waals surface area contributed by atoms with E-state index in [4.69, 9.17) is 0 Å². The van der Waals surface area contributed by atoms with Crippen LogP contribution in [0.25, 0.3) is 11.0 Å². The van der Waals surface area contributed by atoms with Crippen molar-refractivity contribution in [1.82, 2.24) is 9.66 Å². The predicted molar refractivity (Wildman–Crippen MR) is 93.4 cm³/mol. The Hall–Kier alpha value is -2.80. The summed E-state index contributed by atoms with van der Waals surface area (Å²) in [5.41, 5.74) is 5.19. The summed E-state index contributed by atoms with van der Waals surface area (Å²) in [6.45, 7) is 0. The van der Waals surface area contributed by atoms with E-state index in [1.165, 1.54) is 11.8 Å². The van der Waals surface area contributed by atoms with Gasteiger partial charge in [0.25, 0.3) is 0 Å². The first-order chi connectivity index (χ1) is 11.7. The molecule has 7 heteroatoms. The lowest BCUT2D eigenvalue weighted by Gasteiger charge is -2.23. The van der Waals surface area contributed by atoms with Crippen LogP contribution >= 0.6 is 11.8 Å². The zero-order valence-electron chi connectivity index (χ0n) is 12.6. The number of imidazole rings is 1. The van der Waals surface area contributed by atoms with Crippen LogP contribution in [-0.2, 0) is 9.59 Å². The Kier molecular flexibility index (Phi) is 3.70.